The van der Waals surface area contributed by atoms with Crippen LogP contribution in [0.25, 0.3) is 0 Å². The Kier molecular flexibility index (Phi) is 4.49. The Balaban J connectivity index is 2.59. The lowest BCUT2D eigenvalue weighted by atomic mass is 10.2. The number of carbonyl (C=O) groups excluding carboxylic acids is 1. The van der Waals surface area contributed by atoms with E-state index in [1.54, 1.807) is 11.8 Å². The first-order chi connectivity index (χ1) is 7.57. The molecule has 0 spiro atoms. The van der Waals surface area contributed by atoms with E-state index >= 15 is 0 Å². The van der Waals surface area contributed by atoms with E-state index < -0.39 is 0 Å². The van der Waals surface area contributed by atoms with Crippen molar-refractivity contribution in [1.82, 2.24) is 15.1 Å². The number of amides is 1. The molecule has 1 N–H and O–H groups in total. The van der Waals surface area contributed by atoms with Crippen molar-refractivity contribution in [3.8, 4) is 0 Å². The summed E-state index contributed by atoms with van der Waals surface area (Å²) in [6, 6.07) is 0. The van der Waals surface area contributed by atoms with Gasteiger partial charge >= 0.3 is 0 Å². The molecule has 1 heterocycles. The molecule has 1 aromatic heterocycles. The molecule has 0 saturated carbocycles. The number of methoxy groups -OCH3 is 1. The normalized spacial score (nSPS) is 10.5. The van der Waals surface area contributed by atoms with Crippen LogP contribution in [0.4, 0.5) is 0 Å². The first-order valence-corrected chi connectivity index (χ1v) is 5.35. The summed E-state index contributed by atoms with van der Waals surface area (Å²) in [5, 5.41) is 7.06. The average molecular weight is 225 g/mol. The Bertz CT molecular complexity index is 372. The van der Waals surface area contributed by atoms with Crippen molar-refractivity contribution in [1.29, 1.82) is 0 Å². The highest BCUT2D eigenvalue weighted by Crippen LogP contribution is 2.11. The fourth-order valence-electron chi connectivity index (χ4n) is 1.61. The third-order valence-electron chi connectivity index (χ3n) is 2.55. The summed E-state index contributed by atoms with van der Waals surface area (Å²) < 4.78 is 6.63. The van der Waals surface area contributed by atoms with Gasteiger partial charge in [-0.3, -0.25) is 9.48 Å². The quantitative estimate of drug-likeness (QED) is 0.754. The van der Waals surface area contributed by atoms with Crippen molar-refractivity contribution in [2.75, 3.05) is 20.3 Å². The third-order valence-corrected chi connectivity index (χ3v) is 2.55. The summed E-state index contributed by atoms with van der Waals surface area (Å²) in [6.07, 6.45) is 0.820. The van der Waals surface area contributed by atoms with Crippen molar-refractivity contribution in [2.24, 2.45) is 7.05 Å². The first-order valence-electron chi connectivity index (χ1n) is 5.35. The van der Waals surface area contributed by atoms with Crippen LogP contribution < -0.4 is 5.32 Å². The Hall–Kier alpha value is -1.36. The standard InChI is InChI=1S/C11H19N3O2/c1-8-10(9(2)14(3)13-8)11(15)12-6-5-7-16-4/h5-7H2,1-4H3,(H,12,15). The number of nitrogens with zero attached hydrogens (tertiary/aromatic N) is 2. The summed E-state index contributed by atoms with van der Waals surface area (Å²) in [6.45, 7) is 5.02. The van der Waals surface area contributed by atoms with Gasteiger partial charge in [0.1, 0.15) is 0 Å². The maximum absolute atomic E-state index is 11.9. The monoisotopic (exact) mass is 225 g/mol. The molecule has 5 nitrogen and oxygen atoms in total. The van der Waals surface area contributed by atoms with E-state index in [0.717, 1.165) is 17.8 Å². The Morgan fingerprint density at radius 3 is 2.69 bits per heavy atom. The lowest BCUT2D eigenvalue weighted by Gasteiger charge is -2.05. The predicted molar refractivity (Wildman–Crippen MR) is 61.5 cm³/mol. The van der Waals surface area contributed by atoms with Gasteiger partial charge in [0.25, 0.3) is 5.91 Å². The number of ether oxygens (including phenoxy) is 1. The van der Waals surface area contributed by atoms with Gasteiger partial charge in [-0.2, -0.15) is 5.10 Å². The van der Waals surface area contributed by atoms with Gasteiger partial charge in [0.2, 0.25) is 0 Å². The van der Waals surface area contributed by atoms with E-state index in [0.29, 0.717) is 18.7 Å². The molecule has 16 heavy (non-hydrogen) atoms. The molecule has 0 bridgehead atoms. The van der Waals surface area contributed by atoms with E-state index in [2.05, 4.69) is 10.4 Å². The maximum atomic E-state index is 11.9. The van der Waals surface area contributed by atoms with Gasteiger partial charge in [0.15, 0.2) is 0 Å². The molecule has 5 heteroatoms. The van der Waals surface area contributed by atoms with Crippen LogP contribution in [-0.4, -0.2) is 35.9 Å². The van der Waals surface area contributed by atoms with Crippen molar-refractivity contribution in [3.63, 3.8) is 0 Å². The lowest BCUT2D eigenvalue weighted by molar-refractivity contribution is 0.0947. The van der Waals surface area contributed by atoms with Gasteiger partial charge in [-0.25, -0.2) is 0 Å². The molecule has 0 aromatic carbocycles. The van der Waals surface area contributed by atoms with Crippen molar-refractivity contribution in [2.45, 2.75) is 20.3 Å². The molecule has 0 unspecified atom stereocenters. The minimum Gasteiger partial charge on any atom is -0.385 e. The summed E-state index contributed by atoms with van der Waals surface area (Å²) in [5.74, 6) is -0.0563. The van der Waals surface area contributed by atoms with E-state index in [1.165, 1.54) is 0 Å². The van der Waals surface area contributed by atoms with E-state index in [9.17, 15) is 4.79 Å². The molecule has 0 aliphatic heterocycles. The van der Waals surface area contributed by atoms with Gasteiger partial charge in [0, 0.05) is 33.0 Å². The first kappa shape index (κ1) is 12.7. The number of carbonyl (C=O) groups is 1. The largest absolute Gasteiger partial charge is 0.385 e. The Morgan fingerprint density at radius 1 is 1.50 bits per heavy atom. The summed E-state index contributed by atoms with van der Waals surface area (Å²) in [5.41, 5.74) is 2.34. The molecule has 1 aromatic rings. The van der Waals surface area contributed by atoms with Gasteiger partial charge in [-0.15, -0.1) is 0 Å². The molecule has 90 valence electrons. The zero-order valence-electron chi connectivity index (χ0n) is 10.3. The van der Waals surface area contributed by atoms with Crippen LogP contribution in [0.1, 0.15) is 28.2 Å². The topological polar surface area (TPSA) is 56.1 Å². The minimum absolute atomic E-state index is 0.0563. The lowest BCUT2D eigenvalue weighted by Crippen LogP contribution is -2.26. The van der Waals surface area contributed by atoms with Gasteiger partial charge in [0.05, 0.1) is 11.3 Å². The highest BCUT2D eigenvalue weighted by Gasteiger charge is 2.16. The average Bonchev–Trinajstić information content (AvgIpc) is 2.48. The molecule has 0 aliphatic carbocycles. The summed E-state index contributed by atoms with van der Waals surface area (Å²) >= 11 is 0. The van der Waals surface area contributed by atoms with Crippen LogP contribution in [0.2, 0.25) is 0 Å². The number of aromatic nitrogens is 2. The molecule has 0 radical (unpaired) electrons. The van der Waals surface area contributed by atoms with Crippen LogP contribution in [0, 0.1) is 13.8 Å². The van der Waals surface area contributed by atoms with E-state index in [4.69, 9.17) is 4.74 Å². The molecular formula is C11H19N3O2. The summed E-state index contributed by atoms with van der Waals surface area (Å²) in [4.78, 5) is 11.9. The SMILES string of the molecule is COCCCNC(=O)c1c(C)nn(C)c1C. The second kappa shape index (κ2) is 5.65. The fourth-order valence-corrected chi connectivity index (χ4v) is 1.61. The molecule has 0 fully saturated rings. The Morgan fingerprint density at radius 2 is 2.19 bits per heavy atom. The van der Waals surface area contributed by atoms with Crippen LogP contribution in [0.3, 0.4) is 0 Å². The molecule has 1 rings (SSSR count). The van der Waals surface area contributed by atoms with Crippen molar-refractivity contribution < 1.29 is 9.53 Å². The second-order valence-corrected chi connectivity index (χ2v) is 3.77. The van der Waals surface area contributed by atoms with E-state index in [1.807, 2.05) is 20.9 Å². The van der Waals surface area contributed by atoms with Crippen molar-refractivity contribution >= 4 is 5.91 Å². The predicted octanol–water partition coefficient (Wildman–Crippen LogP) is 0.803. The molecule has 0 saturated heterocycles. The third kappa shape index (κ3) is 2.82. The van der Waals surface area contributed by atoms with Gasteiger partial charge in [-0.1, -0.05) is 0 Å². The van der Waals surface area contributed by atoms with Crippen molar-refractivity contribution in [3.05, 3.63) is 17.0 Å². The number of hydrogen-bond donors (Lipinski definition) is 1. The van der Waals surface area contributed by atoms with Crippen LogP contribution in [0.15, 0.2) is 0 Å². The van der Waals surface area contributed by atoms with Crippen LogP contribution >= 0.6 is 0 Å². The van der Waals surface area contributed by atoms with Gasteiger partial charge in [-0.05, 0) is 20.3 Å². The zero-order valence-corrected chi connectivity index (χ0v) is 10.3. The van der Waals surface area contributed by atoms with Crippen LogP contribution in [-0.2, 0) is 11.8 Å². The van der Waals surface area contributed by atoms with Gasteiger partial charge < -0.3 is 10.1 Å². The van der Waals surface area contributed by atoms with E-state index in [-0.39, 0.29) is 5.91 Å². The maximum Gasteiger partial charge on any atom is 0.255 e. The van der Waals surface area contributed by atoms with Crippen LogP contribution in [0.5, 0.6) is 0 Å². The molecule has 0 aliphatic rings. The molecular weight excluding hydrogens is 206 g/mol. The smallest absolute Gasteiger partial charge is 0.255 e. The summed E-state index contributed by atoms with van der Waals surface area (Å²) in [7, 11) is 3.49. The highest BCUT2D eigenvalue weighted by atomic mass is 16.5. The number of aryl methyl sites for hydroxylation is 2. The zero-order chi connectivity index (χ0) is 12.1. The second-order valence-electron chi connectivity index (χ2n) is 3.77. The number of nitrogens with one attached hydrogen (secondary N) is 1. The minimum atomic E-state index is -0.0563. The Labute approximate surface area is 95.8 Å². The molecule has 0 atom stereocenters. The number of rotatable bonds is 5. The number of hydrogen-bond acceptors (Lipinski definition) is 3. The fraction of sp³-hybridized carbons (Fsp3) is 0.636. The molecule has 1 amide bonds. The highest BCUT2D eigenvalue weighted by molar-refractivity contribution is 5.96.